The molecule has 0 saturated heterocycles. The number of nitrogens with one attached hydrogen (secondary N) is 1. The predicted octanol–water partition coefficient (Wildman–Crippen LogP) is 3.99. The molecule has 0 aliphatic heterocycles. The van der Waals surface area contributed by atoms with Gasteiger partial charge in [-0.1, -0.05) is 17.7 Å². The zero-order valence-corrected chi connectivity index (χ0v) is 14.3. The molecule has 2 aromatic carbocycles. The Kier molecular flexibility index (Phi) is 5.71. The molecule has 1 N–H and O–H groups in total. The van der Waals surface area contributed by atoms with Crippen molar-refractivity contribution in [2.24, 2.45) is 0 Å². The number of hydrogen-bond acceptors (Lipinski definition) is 5. The van der Waals surface area contributed by atoms with Crippen LogP contribution < -0.4 is 5.32 Å². The largest absolute Gasteiger partial charge is 0.462 e. The van der Waals surface area contributed by atoms with Crippen LogP contribution in [0, 0.1) is 17.0 Å². The number of nitrogens with zero attached hydrogens (tertiary/aromatic N) is 1. The molecule has 0 aromatic heterocycles. The summed E-state index contributed by atoms with van der Waals surface area (Å²) < 4.78 is 4.87. The molecule has 0 unspecified atom stereocenters. The lowest BCUT2D eigenvalue weighted by atomic mass is 10.1. The number of esters is 1. The Morgan fingerprint density at radius 3 is 2.48 bits per heavy atom. The first-order valence-corrected chi connectivity index (χ1v) is 7.74. The van der Waals surface area contributed by atoms with Gasteiger partial charge in [-0.05, 0) is 38.1 Å². The number of carbonyl (C=O) groups is 2. The molecule has 0 bridgehead atoms. The monoisotopic (exact) mass is 362 g/mol. The van der Waals surface area contributed by atoms with E-state index >= 15 is 0 Å². The standard InChI is InChI=1S/C17H15ClN2O5/c1-3-25-17(22)12-6-7-14(13(18)8-12)19-16(21)11-5-4-10(2)15(9-11)20(23)24/h4-9H,3H2,1-2H3,(H,19,21). The van der Waals surface area contributed by atoms with Gasteiger partial charge in [-0.3, -0.25) is 14.9 Å². The minimum Gasteiger partial charge on any atom is -0.462 e. The number of rotatable bonds is 5. The maximum atomic E-state index is 12.3. The summed E-state index contributed by atoms with van der Waals surface area (Å²) in [5.74, 6) is -1.06. The fourth-order valence-electron chi connectivity index (χ4n) is 2.10. The molecule has 25 heavy (non-hydrogen) atoms. The number of aryl methyl sites for hydroxylation is 1. The summed E-state index contributed by atoms with van der Waals surface area (Å²) in [5.41, 5.74) is 0.983. The molecule has 0 atom stereocenters. The second-order valence-corrected chi connectivity index (χ2v) is 5.53. The third kappa shape index (κ3) is 4.33. The number of hydrogen-bond donors (Lipinski definition) is 1. The van der Waals surface area contributed by atoms with Crippen molar-refractivity contribution in [1.82, 2.24) is 0 Å². The zero-order chi connectivity index (χ0) is 18.6. The van der Waals surface area contributed by atoms with E-state index in [9.17, 15) is 19.7 Å². The summed E-state index contributed by atoms with van der Waals surface area (Å²) in [5, 5.41) is 13.7. The van der Waals surface area contributed by atoms with Gasteiger partial charge in [0.25, 0.3) is 11.6 Å². The first-order chi connectivity index (χ1) is 11.8. The van der Waals surface area contributed by atoms with Crippen LogP contribution in [0.5, 0.6) is 0 Å². The maximum absolute atomic E-state index is 12.3. The number of nitro benzene ring substituents is 1. The van der Waals surface area contributed by atoms with Gasteiger partial charge in [0.1, 0.15) is 0 Å². The Balaban J connectivity index is 2.22. The summed E-state index contributed by atoms with van der Waals surface area (Å²) in [7, 11) is 0. The topological polar surface area (TPSA) is 98.5 Å². The quantitative estimate of drug-likeness (QED) is 0.492. The minimum absolute atomic E-state index is 0.128. The fourth-order valence-corrected chi connectivity index (χ4v) is 2.33. The molecule has 0 radical (unpaired) electrons. The Morgan fingerprint density at radius 2 is 1.88 bits per heavy atom. The molecular formula is C17H15ClN2O5. The molecule has 1 amide bonds. The van der Waals surface area contributed by atoms with Gasteiger partial charge in [0.15, 0.2) is 0 Å². The van der Waals surface area contributed by atoms with Crippen LogP contribution in [0.3, 0.4) is 0 Å². The van der Waals surface area contributed by atoms with Crippen LogP contribution in [-0.2, 0) is 4.74 Å². The SMILES string of the molecule is CCOC(=O)c1ccc(NC(=O)c2ccc(C)c([N+](=O)[O-])c2)c(Cl)c1. The van der Waals surface area contributed by atoms with Gasteiger partial charge >= 0.3 is 5.97 Å². The summed E-state index contributed by atoms with van der Waals surface area (Å²) in [4.78, 5) is 34.4. The van der Waals surface area contributed by atoms with Crippen LogP contribution in [0.4, 0.5) is 11.4 Å². The van der Waals surface area contributed by atoms with Gasteiger partial charge in [-0.25, -0.2) is 4.79 Å². The Labute approximate surface area is 148 Å². The highest BCUT2D eigenvalue weighted by Crippen LogP contribution is 2.25. The molecule has 8 heteroatoms. The molecule has 2 rings (SSSR count). The number of ether oxygens (including phenoxy) is 1. The molecule has 0 heterocycles. The van der Waals surface area contributed by atoms with E-state index in [1.54, 1.807) is 13.8 Å². The van der Waals surface area contributed by atoms with E-state index < -0.39 is 16.8 Å². The van der Waals surface area contributed by atoms with Crippen molar-refractivity contribution < 1.29 is 19.2 Å². The van der Waals surface area contributed by atoms with Gasteiger partial charge < -0.3 is 10.1 Å². The highest BCUT2D eigenvalue weighted by molar-refractivity contribution is 6.34. The number of amides is 1. The molecule has 0 aliphatic carbocycles. The molecular weight excluding hydrogens is 348 g/mol. The summed E-state index contributed by atoms with van der Waals surface area (Å²) in [6.07, 6.45) is 0. The van der Waals surface area contributed by atoms with Crippen LogP contribution in [-0.4, -0.2) is 23.4 Å². The molecule has 0 spiro atoms. The fraction of sp³-hybridized carbons (Fsp3) is 0.176. The third-order valence-corrected chi connectivity index (χ3v) is 3.71. The summed E-state index contributed by atoms with van der Waals surface area (Å²) in [6, 6.07) is 8.50. The lowest BCUT2D eigenvalue weighted by Crippen LogP contribution is -2.13. The van der Waals surface area contributed by atoms with Crippen LogP contribution in [0.25, 0.3) is 0 Å². The average Bonchev–Trinajstić information content (AvgIpc) is 2.56. The zero-order valence-electron chi connectivity index (χ0n) is 13.5. The van der Waals surface area contributed by atoms with E-state index in [-0.39, 0.29) is 34.1 Å². The van der Waals surface area contributed by atoms with Crippen LogP contribution in [0.1, 0.15) is 33.2 Å². The predicted molar refractivity (Wildman–Crippen MR) is 93.2 cm³/mol. The molecule has 0 saturated carbocycles. The van der Waals surface area contributed by atoms with Crippen LogP contribution in [0.2, 0.25) is 5.02 Å². The number of nitro groups is 1. The van der Waals surface area contributed by atoms with E-state index in [0.717, 1.165) is 0 Å². The highest BCUT2D eigenvalue weighted by atomic mass is 35.5. The molecule has 2 aromatic rings. The molecule has 0 aliphatic rings. The van der Waals surface area contributed by atoms with Crippen molar-refractivity contribution in [3.63, 3.8) is 0 Å². The first kappa shape index (κ1) is 18.4. The van der Waals surface area contributed by atoms with E-state index in [1.165, 1.54) is 36.4 Å². The van der Waals surface area contributed by atoms with Gasteiger partial charge in [0.05, 0.1) is 27.8 Å². The number of benzene rings is 2. The van der Waals surface area contributed by atoms with Crippen molar-refractivity contribution in [3.05, 3.63) is 68.2 Å². The van der Waals surface area contributed by atoms with Crippen LogP contribution in [0.15, 0.2) is 36.4 Å². The van der Waals surface area contributed by atoms with Gasteiger partial charge in [-0.2, -0.15) is 0 Å². The number of halogens is 1. The first-order valence-electron chi connectivity index (χ1n) is 7.36. The second-order valence-electron chi connectivity index (χ2n) is 5.13. The van der Waals surface area contributed by atoms with E-state index in [1.807, 2.05) is 0 Å². The average molecular weight is 363 g/mol. The number of anilines is 1. The van der Waals surface area contributed by atoms with Gasteiger partial charge in [0, 0.05) is 17.2 Å². The summed E-state index contributed by atoms with van der Waals surface area (Å²) >= 11 is 6.08. The van der Waals surface area contributed by atoms with Crippen molar-refractivity contribution in [1.29, 1.82) is 0 Å². The summed E-state index contributed by atoms with van der Waals surface area (Å²) in [6.45, 7) is 3.51. The van der Waals surface area contributed by atoms with Gasteiger partial charge in [0.2, 0.25) is 0 Å². The number of carbonyl (C=O) groups excluding carboxylic acids is 2. The van der Waals surface area contributed by atoms with E-state index in [0.29, 0.717) is 5.56 Å². The Morgan fingerprint density at radius 1 is 1.20 bits per heavy atom. The Hall–Kier alpha value is -2.93. The molecule has 7 nitrogen and oxygen atoms in total. The lowest BCUT2D eigenvalue weighted by Gasteiger charge is -2.09. The van der Waals surface area contributed by atoms with E-state index in [4.69, 9.17) is 16.3 Å². The minimum atomic E-state index is -0.548. The normalized spacial score (nSPS) is 10.2. The maximum Gasteiger partial charge on any atom is 0.338 e. The van der Waals surface area contributed by atoms with E-state index in [2.05, 4.69) is 5.32 Å². The van der Waals surface area contributed by atoms with Gasteiger partial charge in [-0.15, -0.1) is 0 Å². The third-order valence-electron chi connectivity index (χ3n) is 3.40. The lowest BCUT2D eigenvalue weighted by molar-refractivity contribution is -0.385. The molecule has 0 fully saturated rings. The van der Waals surface area contributed by atoms with Crippen molar-refractivity contribution in [3.8, 4) is 0 Å². The van der Waals surface area contributed by atoms with Crippen LogP contribution >= 0.6 is 11.6 Å². The van der Waals surface area contributed by atoms with Crippen molar-refractivity contribution >= 4 is 34.9 Å². The smallest absolute Gasteiger partial charge is 0.338 e. The van der Waals surface area contributed by atoms with Crippen molar-refractivity contribution in [2.45, 2.75) is 13.8 Å². The second kappa shape index (κ2) is 7.76. The Bertz CT molecular complexity index is 851. The highest BCUT2D eigenvalue weighted by Gasteiger charge is 2.16. The molecule has 130 valence electrons. The van der Waals surface area contributed by atoms with Crippen molar-refractivity contribution in [2.75, 3.05) is 11.9 Å².